The van der Waals surface area contributed by atoms with Crippen LogP contribution in [0, 0.1) is 0 Å². The molecule has 152 valence electrons. The molecule has 0 radical (unpaired) electrons. The van der Waals surface area contributed by atoms with Gasteiger partial charge in [-0.15, -0.1) is 10.2 Å². The third-order valence-corrected chi connectivity index (χ3v) is 5.88. The number of nitrogens with zero attached hydrogens (tertiary/aromatic N) is 5. The largest absolute Gasteiger partial charge is 0.368 e. The molecule has 0 aliphatic carbocycles. The average Bonchev–Trinajstić information content (AvgIpc) is 3.09. The summed E-state index contributed by atoms with van der Waals surface area (Å²) in [6.45, 7) is -0.240. The molecule has 0 atom stereocenters. The van der Waals surface area contributed by atoms with Crippen LogP contribution in [0.3, 0.4) is 0 Å². The summed E-state index contributed by atoms with van der Waals surface area (Å²) in [7, 11) is 1.84. The molecule has 0 spiro atoms. The van der Waals surface area contributed by atoms with Crippen LogP contribution in [0.15, 0.2) is 58.5 Å². The molecule has 2 aromatic heterocycles. The van der Waals surface area contributed by atoms with Gasteiger partial charge in [0.25, 0.3) is 5.56 Å². The number of thioether (sulfide) groups is 1. The second kappa shape index (κ2) is 8.29. The summed E-state index contributed by atoms with van der Waals surface area (Å²) >= 11 is 7.63. The fourth-order valence-corrected chi connectivity index (χ4v) is 4.17. The van der Waals surface area contributed by atoms with Crippen LogP contribution in [-0.4, -0.2) is 30.2 Å². The fourth-order valence-electron chi connectivity index (χ4n) is 3.09. The highest BCUT2D eigenvalue weighted by molar-refractivity contribution is 7.98. The Bertz CT molecular complexity index is 1320. The molecule has 0 saturated carbocycles. The number of hydrogen-bond donors (Lipinski definition) is 1. The Labute approximate surface area is 180 Å². The predicted molar refractivity (Wildman–Crippen MR) is 116 cm³/mol. The molecular weight excluding hydrogens is 424 g/mol. The van der Waals surface area contributed by atoms with Crippen molar-refractivity contribution in [2.24, 2.45) is 12.8 Å². The SMILES string of the molecule is Cn1c(SCc2nc3ccccc3c(=O)n2CC(N)=O)nnc1-c1ccccc1Cl. The number of aromatic nitrogens is 5. The highest BCUT2D eigenvalue weighted by Gasteiger charge is 2.17. The zero-order chi connectivity index (χ0) is 21.3. The number of rotatable bonds is 6. The van der Waals surface area contributed by atoms with Crippen molar-refractivity contribution in [2.45, 2.75) is 17.5 Å². The van der Waals surface area contributed by atoms with Crippen LogP contribution in [0.2, 0.25) is 5.02 Å². The highest BCUT2D eigenvalue weighted by atomic mass is 35.5. The first-order valence-electron chi connectivity index (χ1n) is 8.99. The van der Waals surface area contributed by atoms with Crippen LogP contribution in [0.5, 0.6) is 0 Å². The number of para-hydroxylation sites is 1. The van der Waals surface area contributed by atoms with E-state index in [0.717, 1.165) is 5.56 Å². The molecule has 2 aromatic carbocycles. The molecular formula is C20H17ClN6O2S. The van der Waals surface area contributed by atoms with E-state index in [0.29, 0.717) is 38.5 Å². The lowest BCUT2D eigenvalue weighted by Gasteiger charge is -2.12. The van der Waals surface area contributed by atoms with Gasteiger partial charge in [-0.05, 0) is 24.3 Å². The lowest BCUT2D eigenvalue weighted by molar-refractivity contribution is -0.118. The Morgan fingerprint density at radius 1 is 1.13 bits per heavy atom. The molecule has 4 rings (SSSR count). The number of carbonyl (C=O) groups excluding carboxylic acids is 1. The van der Waals surface area contributed by atoms with Gasteiger partial charge in [-0.2, -0.15) is 0 Å². The molecule has 0 aliphatic rings. The Morgan fingerprint density at radius 2 is 1.87 bits per heavy atom. The first-order valence-corrected chi connectivity index (χ1v) is 10.4. The van der Waals surface area contributed by atoms with Crippen molar-refractivity contribution in [3.05, 3.63) is 69.7 Å². The monoisotopic (exact) mass is 440 g/mol. The third kappa shape index (κ3) is 3.81. The quantitative estimate of drug-likeness (QED) is 0.461. The number of amides is 1. The van der Waals surface area contributed by atoms with Crippen molar-refractivity contribution >= 4 is 40.2 Å². The number of benzene rings is 2. The first-order chi connectivity index (χ1) is 14.5. The summed E-state index contributed by atoms with van der Waals surface area (Å²) < 4.78 is 3.13. The van der Waals surface area contributed by atoms with E-state index in [1.807, 2.05) is 35.9 Å². The van der Waals surface area contributed by atoms with E-state index in [9.17, 15) is 9.59 Å². The van der Waals surface area contributed by atoms with Crippen molar-refractivity contribution in [3.8, 4) is 11.4 Å². The second-order valence-corrected chi connectivity index (χ2v) is 7.89. The van der Waals surface area contributed by atoms with Gasteiger partial charge in [0.15, 0.2) is 11.0 Å². The summed E-state index contributed by atoms with van der Waals surface area (Å²) in [5, 5.41) is 10.1. The number of primary amides is 1. The maximum atomic E-state index is 12.8. The van der Waals surface area contributed by atoms with Crippen LogP contribution in [-0.2, 0) is 24.1 Å². The summed E-state index contributed by atoms with van der Waals surface area (Å²) in [6, 6.07) is 14.4. The average molecular weight is 441 g/mol. The molecule has 0 fully saturated rings. The standard InChI is InChI=1S/C20H17ClN6O2S/c1-26-18(12-6-2-4-8-14(12)21)24-25-20(26)30-11-17-23-15-9-5-3-7-13(15)19(29)27(17)10-16(22)28/h2-9H,10-11H2,1H3,(H2,22,28). The molecule has 8 nitrogen and oxygen atoms in total. The van der Waals surface area contributed by atoms with Crippen LogP contribution >= 0.6 is 23.4 Å². The summed E-state index contributed by atoms with van der Waals surface area (Å²) in [5.41, 5.74) is 6.38. The first kappa shape index (κ1) is 20.1. The molecule has 4 aromatic rings. The Kier molecular flexibility index (Phi) is 5.56. The number of carbonyl (C=O) groups is 1. The molecule has 0 unspecified atom stereocenters. The van der Waals surface area contributed by atoms with Crippen LogP contribution in [0.1, 0.15) is 5.82 Å². The molecule has 0 saturated heterocycles. The van der Waals surface area contributed by atoms with Crippen molar-refractivity contribution < 1.29 is 4.79 Å². The predicted octanol–water partition coefficient (Wildman–Crippen LogP) is 2.62. The second-order valence-electron chi connectivity index (χ2n) is 6.54. The van der Waals surface area contributed by atoms with Crippen molar-refractivity contribution in [3.63, 3.8) is 0 Å². The lowest BCUT2D eigenvalue weighted by atomic mass is 10.2. The summed E-state index contributed by atoms with van der Waals surface area (Å²) in [5.74, 6) is 0.760. The van der Waals surface area contributed by atoms with Crippen molar-refractivity contribution in [1.29, 1.82) is 0 Å². The zero-order valence-corrected chi connectivity index (χ0v) is 17.5. The van der Waals surface area contributed by atoms with E-state index in [1.54, 1.807) is 24.3 Å². The van der Waals surface area contributed by atoms with Gasteiger partial charge in [0.05, 0.1) is 21.7 Å². The maximum absolute atomic E-state index is 12.8. The fraction of sp³-hybridized carbons (Fsp3) is 0.150. The smallest absolute Gasteiger partial charge is 0.261 e. The Balaban J connectivity index is 1.68. The number of halogens is 1. The third-order valence-electron chi connectivity index (χ3n) is 4.53. The topological polar surface area (TPSA) is 109 Å². The molecule has 2 N–H and O–H groups in total. The summed E-state index contributed by atoms with van der Waals surface area (Å²) in [4.78, 5) is 28.9. The van der Waals surface area contributed by atoms with E-state index in [-0.39, 0.29) is 12.1 Å². The van der Waals surface area contributed by atoms with E-state index in [1.165, 1.54) is 16.3 Å². The van der Waals surface area contributed by atoms with Gasteiger partial charge in [-0.3, -0.25) is 14.2 Å². The number of fused-ring (bicyclic) bond motifs is 1. The van der Waals surface area contributed by atoms with Gasteiger partial charge < -0.3 is 10.3 Å². The minimum atomic E-state index is -0.611. The molecule has 1 amide bonds. The molecule has 0 aliphatic heterocycles. The van der Waals surface area contributed by atoms with Crippen molar-refractivity contribution in [2.75, 3.05) is 0 Å². The normalized spacial score (nSPS) is 11.1. The van der Waals surface area contributed by atoms with Gasteiger partial charge in [-0.25, -0.2) is 4.98 Å². The highest BCUT2D eigenvalue weighted by Crippen LogP contribution is 2.29. The van der Waals surface area contributed by atoms with Gasteiger partial charge in [0.2, 0.25) is 5.91 Å². The van der Waals surface area contributed by atoms with E-state index >= 15 is 0 Å². The van der Waals surface area contributed by atoms with Gasteiger partial charge >= 0.3 is 0 Å². The van der Waals surface area contributed by atoms with E-state index in [4.69, 9.17) is 17.3 Å². The molecule has 10 heteroatoms. The van der Waals surface area contributed by atoms with Gasteiger partial charge in [0.1, 0.15) is 12.4 Å². The minimum Gasteiger partial charge on any atom is -0.368 e. The van der Waals surface area contributed by atoms with E-state index < -0.39 is 5.91 Å². The molecule has 2 heterocycles. The Hall–Kier alpha value is -3.17. The van der Waals surface area contributed by atoms with Crippen LogP contribution in [0.4, 0.5) is 0 Å². The summed E-state index contributed by atoms with van der Waals surface area (Å²) in [6.07, 6.45) is 0. The minimum absolute atomic E-state index is 0.240. The van der Waals surface area contributed by atoms with Crippen molar-refractivity contribution in [1.82, 2.24) is 24.3 Å². The van der Waals surface area contributed by atoms with Gasteiger partial charge in [-0.1, -0.05) is 47.6 Å². The number of nitrogens with two attached hydrogens (primary N) is 1. The van der Waals surface area contributed by atoms with E-state index in [2.05, 4.69) is 15.2 Å². The Morgan fingerprint density at radius 3 is 2.63 bits per heavy atom. The van der Waals surface area contributed by atoms with Gasteiger partial charge in [0, 0.05) is 12.6 Å². The van der Waals surface area contributed by atoms with Crippen LogP contribution in [0.25, 0.3) is 22.3 Å². The molecule has 0 bridgehead atoms. The zero-order valence-electron chi connectivity index (χ0n) is 15.9. The lowest BCUT2D eigenvalue weighted by Crippen LogP contribution is -2.31. The molecule has 30 heavy (non-hydrogen) atoms. The maximum Gasteiger partial charge on any atom is 0.261 e. The van der Waals surface area contributed by atoms with Crippen LogP contribution < -0.4 is 11.3 Å². The number of hydrogen-bond acceptors (Lipinski definition) is 6.